The van der Waals surface area contributed by atoms with Crippen LogP contribution in [0.5, 0.6) is 5.75 Å². The van der Waals surface area contributed by atoms with Crippen molar-refractivity contribution in [3.63, 3.8) is 0 Å². The number of aliphatic hydroxyl groups is 1. The van der Waals surface area contributed by atoms with Crippen molar-refractivity contribution in [1.29, 1.82) is 0 Å². The number of aromatic nitrogens is 2. The molecule has 5 nitrogen and oxygen atoms in total. The molecule has 0 saturated heterocycles. The molecule has 144 valence electrons. The zero-order valence-electron chi connectivity index (χ0n) is 15.7. The zero-order valence-corrected chi connectivity index (χ0v) is 15.7. The van der Waals surface area contributed by atoms with Crippen LogP contribution in [0.4, 0.5) is 4.39 Å². The fourth-order valence-corrected chi connectivity index (χ4v) is 2.70. The number of imidazole rings is 1. The molecule has 1 atom stereocenters. The minimum absolute atomic E-state index is 0.256. The molecule has 0 unspecified atom stereocenters. The summed E-state index contributed by atoms with van der Waals surface area (Å²) in [5.74, 6) is 0.555. The van der Waals surface area contributed by atoms with E-state index in [0.29, 0.717) is 29.4 Å². The molecule has 0 spiro atoms. The molecule has 0 aliphatic heterocycles. The number of aromatic amines is 1. The standard InChI is InChI=1S/C20H30FN3O2/c1-3-4-5-6-7-8-11-26-15-9-10-16(17(21)12-15)18-13-23-19(24-18)20(2,22)14-25/h9-10,12-13,25H,3-8,11,14,22H2,1-2H3,(H,23,24)/t20-/m0/s1. The van der Waals surface area contributed by atoms with E-state index in [4.69, 9.17) is 10.5 Å². The van der Waals surface area contributed by atoms with Crippen molar-refractivity contribution in [2.45, 2.75) is 57.9 Å². The van der Waals surface area contributed by atoms with Crippen molar-refractivity contribution >= 4 is 0 Å². The second-order valence-electron chi connectivity index (χ2n) is 6.98. The summed E-state index contributed by atoms with van der Waals surface area (Å²) in [6.07, 6.45) is 8.65. The van der Waals surface area contributed by atoms with Gasteiger partial charge in [-0.05, 0) is 25.5 Å². The monoisotopic (exact) mass is 363 g/mol. The molecule has 0 aliphatic carbocycles. The molecule has 0 aliphatic rings. The van der Waals surface area contributed by atoms with Gasteiger partial charge in [0, 0.05) is 11.6 Å². The summed E-state index contributed by atoms with van der Waals surface area (Å²) in [6.45, 7) is 4.20. The number of H-pyrrole nitrogens is 1. The molecular weight excluding hydrogens is 333 g/mol. The highest BCUT2D eigenvalue weighted by atomic mass is 19.1. The summed E-state index contributed by atoms with van der Waals surface area (Å²) >= 11 is 0. The molecule has 0 amide bonds. The maximum Gasteiger partial charge on any atom is 0.136 e. The van der Waals surface area contributed by atoms with E-state index in [0.717, 1.165) is 12.8 Å². The Morgan fingerprint density at radius 2 is 1.96 bits per heavy atom. The lowest BCUT2D eigenvalue weighted by Gasteiger charge is -2.18. The third-order valence-electron chi connectivity index (χ3n) is 4.44. The van der Waals surface area contributed by atoms with Crippen LogP contribution in [0.15, 0.2) is 24.4 Å². The van der Waals surface area contributed by atoms with Crippen LogP contribution in [0, 0.1) is 5.82 Å². The second-order valence-corrected chi connectivity index (χ2v) is 6.98. The highest BCUT2D eigenvalue weighted by Crippen LogP contribution is 2.26. The van der Waals surface area contributed by atoms with Gasteiger partial charge in [-0.2, -0.15) is 0 Å². The predicted octanol–water partition coefficient (Wildman–Crippen LogP) is 4.12. The summed E-state index contributed by atoms with van der Waals surface area (Å²) in [6, 6.07) is 4.81. The van der Waals surface area contributed by atoms with Gasteiger partial charge in [-0.1, -0.05) is 39.0 Å². The van der Waals surface area contributed by atoms with Crippen LogP contribution in [0.25, 0.3) is 11.3 Å². The van der Waals surface area contributed by atoms with Crippen LogP contribution < -0.4 is 10.5 Å². The first kappa shape index (κ1) is 20.4. The number of benzene rings is 1. The molecule has 2 rings (SSSR count). The van der Waals surface area contributed by atoms with Crippen molar-refractivity contribution in [3.05, 3.63) is 36.0 Å². The average molecular weight is 363 g/mol. The number of halogens is 1. The van der Waals surface area contributed by atoms with Gasteiger partial charge < -0.3 is 20.6 Å². The Hall–Kier alpha value is -1.92. The van der Waals surface area contributed by atoms with Crippen LogP contribution in [-0.2, 0) is 5.54 Å². The molecule has 4 N–H and O–H groups in total. The van der Waals surface area contributed by atoms with Crippen molar-refractivity contribution in [3.8, 4) is 17.0 Å². The largest absolute Gasteiger partial charge is 0.493 e. The van der Waals surface area contributed by atoms with Gasteiger partial charge >= 0.3 is 0 Å². The van der Waals surface area contributed by atoms with E-state index in [9.17, 15) is 9.50 Å². The number of unbranched alkanes of at least 4 members (excludes halogenated alkanes) is 5. The smallest absolute Gasteiger partial charge is 0.136 e. The normalized spacial score (nSPS) is 13.6. The molecule has 0 bridgehead atoms. The van der Waals surface area contributed by atoms with Crippen LogP contribution in [-0.4, -0.2) is 28.3 Å². The Morgan fingerprint density at radius 3 is 2.65 bits per heavy atom. The number of hydrogen-bond donors (Lipinski definition) is 3. The van der Waals surface area contributed by atoms with Crippen LogP contribution >= 0.6 is 0 Å². The minimum atomic E-state index is -0.991. The average Bonchev–Trinajstić information content (AvgIpc) is 3.12. The van der Waals surface area contributed by atoms with Crippen LogP contribution in [0.2, 0.25) is 0 Å². The van der Waals surface area contributed by atoms with Crippen molar-refractivity contribution in [1.82, 2.24) is 9.97 Å². The van der Waals surface area contributed by atoms with Gasteiger partial charge in [-0.15, -0.1) is 0 Å². The van der Waals surface area contributed by atoms with E-state index in [1.807, 2.05) is 0 Å². The van der Waals surface area contributed by atoms with Gasteiger partial charge in [0.25, 0.3) is 0 Å². The van der Waals surface area contributed by atoms with E-state index < -0.39 is 5.54 Å². The molecule has 1 aromatic heterocycles. The number of hydrogen-bond acceptors (Lipinski definition) is 4. The maximum atomic E-state index is 14.4. The van der Waals surface area contributed by atoms with Crippen molar-refractivity contribution < 1.29 is 14.2 Å². The molecule has 26 heavy (non-hydrogen) atoms. The predicted molar refractivity (Wildman–Crippen MR) is 101 cm³/mol. The van der Waals surface area contributed by atoms with Crippen LogP contribution in [0.1, 0.15) is 58.2 Å². The third-order valence-corrected chi connectivity index (χ3v) is 4.44. The molecule has 0 saturated carbocycles. The molecule has 1 heterocycles. The highest BCUT2D eigenvalue weighted by molar-refractivity contribution is 5.60. The molecular formula is C20H30FN3O2. The fraction of sp³-hybridized carbons (Fsp3) is 0.550. The van der Waals surface area contributed by atoms with E-state index in [1.54, 1.807) is 19.1 Å². The fourth-order valence-electron chi connectivity index (χ4n) is 2.70. The first-order valence-electron chi connectivity index (χ1n) is 9.36. The number of nitrogens with two attached hydrogens (primary N) is 1. The van der Waals surface area contributed by atoms with E-state index in [2.05, 4.69) is 16.9 Å². The lowest BCUT2D eigenvalue weighted by atomic mass is 10.1. The zero-order chi connectivity index (χ0) is 19.0. The SMILES string of the molecule is CCCCCCCCOc1ccc(-c2cnc([C@@](C)(N)CO)[nH]2)c(F)c1. The first-order chi connectivity index (χ1) is 12.5. The Morgan fingerprint density at radius 1 is 1.23 bits per heavy atom. The highest BCUT2D eigenvalue weighted by Gasteiger charge is 2.24. The van der Waals surface area contributed by atoms with E-state index in [1.165, 1.54) is 37.9 Å². The Bertz CT molecular complexity index is 685. The van der Waals surface area contributed by atoms with Crippen molar-refractivity contribution in [2.24, 2.45) is 5.73 Å². The third kappa shape index (κ3) is 5.54. The van der Waals surface area contributed by atoms with Gasteiger partial charge in [-0.25, -0.2) is 9.37 Å². The van der Waals surface area contributed by atoms with Crippen LogP contribution in [0.3, 0.4) is 0 Å². The number of rotatable bonds is 11. The summed E-state index contributed by atoms with van der Waals surface area (Å²) in [5.41, 5.74) is 5.86. The summed E-state index contributed by atoms with van der Waals surface area (Å²) < 4.78 is 20.1. The lowest BCUT2D eigenvalue weighted by molar-refractivity contribution is 0.204. The number of nitrogens with one attached hydrogen (secondary N) is 1. The van der Waals surface area contributed by atoms with E-state index >= 15 is 0 Å². The summed E-state index contributed by atoms with van der Waals surface area (Å²) in [7, 11) is 0. The van der Waals surface area contributed by atoms with Crippen molar-refractivity contribution in [2.75, 3.05) is 13.2 Å². The quantitative estimate of drug-likeness (QED) is 0.524. The Labute approximate surface area is 154 Å². The molecule has 2 aromatic rings. The van der Waals surface area contributed by atoms with Gasteiger partial charge in [0.2, 0.25) is 0 Å². The molecule has 0 fully saturated rings. The molecule has 1 aromatic carbocycles. The summed E-state index contributed by atoms with van der Waals surface area (Å²) in [5, 5.41) is 9.31. The number of ether oxygens (including phenoxy) is 1. The molecule has 6 heteroatoms. The van der Waals surface area contributed by atoms with Gasteiger partial charge in [-0.3, -0.25) is 0 Å². The second kappa shape index (κ2) is 9.69. The minimum Gasteiger partial charge on any atom is -0.493 e. The number of nitrogens with zero attached hydrogens (tertiary/aromatic N) is 1. The topological polar surface area (TPSA) is 84.2 Å². The van der Waals surface area contributed by atoms with Gasteiger partial charge in [0.1, 0.15) is 17.4 Å². The number of aliphatic hydroxyl groups excluding tert-OH is 1. The Kier molecular flexibility index (Phi) is 7.60. The maximum absolute atomic E-state index is 14.4. The summed E-state index contributed by atoms with van der Waals surface area (Å²) in [4.78, 5) is 7.13. The first-order valence-corrected chi connectivity index (χ1v) is 9.36. The molecule has 0 radical (unpaired) electrons. The Balaban J connectivity index is 1.91. The van der Waals surface area contributed by atoms with E-state index in [-0.39, 0.29) is 12.4 Å². The van der Waals surface area contributed by atoms with Gasteiger partial charge in [0.05, 0.1) is 30.6 Å². The van der Waals surface area contributed by atoms with Gasteiger partial charge in [0.15, 0.2) is 0 Å². The lowest BCUT2D eigenvalue weighted by Crippen LogP contribution is -2.38.